The number of nitrogens with zero attached hydrogens (tertiary/aromatic N) is 2. The number of aromatic hydroxyl groups is 2. The molecule has 6 aromatic rings. The van der Waals surface area contributed by atoms with E-state index >= 15 is 0 Å². The van der Waals surface area contributed by atoms with Crippen LogP contribution in [0.2, 0.25) is 0 Å². The highest BCUT2D eigenvalue weighted by molar-refractivity contribution is 6.02. The summed E-state index contributed by atoms with van der Waals surface area (Å²) in [4.78, 5) is 9.72. The molecule has 0 radical (unpaired) electrons. The largest absolute Gasteiger partial charge is 0.507 e. The molecule has 39 heavy (non-hydrogen) atoms. The van der Waals surface area contributed by atoms with Crippen LogP contribution in [0.1, 0.15) is 30.7 Å². The van der Waals surface area contributed by atoms with Crippen molar-refractivity contribution in [3.8, 4) is 33.9 Å². The molecule has 0 spiro atoms. The Hall–Kier alpha value is -4.96. The summed E-state index contributed by atoms with van der Waals surface area (Å²) in [5.74, 6) is 0.402. The molecule has 5 aromatic carbocycles. The first kappa shape index (κ1) is 23.2. The maximum Gasteiger partial charge on any atom is 0.125 e. The van der Waals surface area contributed by atoms with Crippen molar-refractivity contribution in [2.75, 3.05) is 0 Å². The molecule has 0 saturated heterocycles. The van der Waals surface area contributed by atoms with Crippen molar-refractivity contribution in [3.05, 3.63) is 120 Å². The average Bonchev–Trinajstić information content (AvgIpc) is 3.17. The van der Waals surface area contributed by atoms with E-state index in [2.05, 4.69) is 44.2 Å². The van der Waals surface area contributed by atoms with Crippen LogP contribution in [0.15, 0.2) is 108 Å². The first-order valence-electron chi connectivity index (χ1n) is 13.0. The van der Waals surface area contributed by atoms with Gasteiger partial charge in [0.25, 0.3) is 0 Å². The van der Waals surface area contributed by atoms with Crippen molar-refractivity contribution >= 4 is 33.4 Å². The lowest BCUT2D eigenvalue weighted by molar-refractivity contribution is 0.475. The highest BCUT2D eigenvalue weighted by Crippen LogP contribution is 2.51. The Morgan fingerprint density at radius 2 is 1.41 bits per heavy atom. The first-order chi connectivity index (χ1) is 18.9. The summed E-state index contributed by atoms with van der Waals surface area (Å²) in [6.45, 7) is 4.40. The number of hydrogen-bond donors (Lipinski definition) is 2. The van der Waals surface area contributed by atoms with E-state index in [9.17, 15) is 10.2 Å². The maximum atomic E-state index is 11.3. The molecule has 188 valence electrons. The van der Waals surface area contributed by atoms with Gasteiger partial charge in [-0.1, -0.05) is 86.6 Å². The van der Waals surface area contributed by atoms with Crippen LogP contribution in [0.4, 0.5) is 5.69 Å². The van der Waals surface area contributed by atoms with Gasteiger partial charge in [-0.15, -0.1) is 0 Å². The molecule has 1 aromatic heterocycles. The highest BCUT2D eigenvalue weighted by Gasteiger charge is 2.36. The van der Waals surface area contributed by atoms with Crippen LogP contribution in [0, 0.1) is 0 Å². The number of aromatic nitrogens is 1. The second kappa shape index (κ2) is 8.53. The van der Waals surface area contributed by atoms with Gasteiger partial charge in [0.05, 0.1) is 23.3 Å². The zero-order valence-corrected chi connectivity index (χ0v) is 21.7. The van der Waals surface area contributed by atoms with Crippen LogP contribution in [0.3, 0.4) is 0 Å². The van der Waals surface area contributed by atoms with Crippen LogP contribution in [0.25, 0.3) is 43.9 Å². The first-order valence-corrected chi connectivity index (χ1v) is 13.0. The molecule has 1 aliphatic carbocycles. The molecule has 0 amide bonds. The van der Waals surface area contributed by atoms with Crippen molar-refractivity contribution in [1.29, 1.82) is 0 Å². The van der Waals surface area contributed by atoms with Crippen molar-refractivity contribution in [2.24, 2.45) is 4.99 Å². The predicted octanol–water partition coefficient (Wildman–Crippen LogP) is 8.52. The maximum absolute atomic E-state index is 11.3. The summed E-state index contributed by atoms with van der Waals surface area (Å²) in [6.07, 6.45) is 1.72. The van der Waals surface area contributed by atoms with Gasteiger partial charge in [-0.3, -0.25) is 4.99 Å². The lowest BCUT2D eigenvalue weighted by Crippen LogP contribution is -2.14. The van der Waals surface area contributed by atoms with Gasteiger partial charge < -0.3 is 10.2 Å². The third-order valence-corrected chi connectivity index (χ3v) is 7.91. The van der Waals surface area contributed by atoms with Crippen LogP contribution < -0.4 is 0 Å². The highest BCUT2D eigenvalue weighted by atomic mass is 16.3. The molecule has 1 aliphatic rings. The lowest BCUT2D eigenvalue weighted by atomic mass is 9.82. The van der Waals surface area contributed by atoms with E-state index in [0.717, 1.165) is 27.3 Å². The molecule has 4 nitrogen and oxygen atoms in total. The third-order valence-electron chi connectivity index (χ3n) is 7.91. The van der Waals surface area contributed by atoms with E-state index < -0.39 is 0 Å². The lowest BCUT2D eigenvalue weighted by Gasteiger charge is -2.22. The number of hydrogen-bond acceptors (Lipinski definition) is 4. The van der Waals surface area contributed by atoms with Gasteiger partial charge in [0.1, 0.15) is 11.5 Å². The van der Waals surface area contributed by atoms with E-state index in [1.165, 1.54) is 11.1 Å². The van der Waals surface area contributed by atoms with Gasteiger partial charge >= 0.3 is 0 Å². The fraction of sp³-hybridized carbons (Fsp3) is 0.0857. The molecule has 0 aliphatic heterocycles. The van der Waals surface area contributed by atoms with Crippen molar-refractivity contribution in [3.63, 3.8) is 0 Å². The zero-order valence-electron chi connectivity index (χ0n) is 21.7. The molecule has 0 saturated carbocycles. The SMILES string of the molecule is CC1(C)c2ccccc2-c2cc(-c3nc(C=Nc4cccc5cccc(O)c45)cc4ccccc34)c(O)cc21. The Balaban J connectivity index is 1.41. The molecule has 0 unspecified atom stereocenters. The molecular formula is C35H26N2O2. The fourth-order valence-corrected chi connectivity index (χ4v) is 5.96. The quantitative estimate of drug-likeness (QED) is 0.236. The van der Waals surface area contributed by atoms with Crippen molar-refractivity contribution < 1.29 is 10.2 Å². The molecule has 0 atom stereocenters. The van der Waals surface area contributed by atoms with Gasteiger partial charge in [0.15, 0.2) is 0 Å². The van der Waals surface area contributed by atoms with E-state index in [0.29, 0.717) is 28.0 Å². The Morgan fingerprint density at radius 3 is 2.28 bits per heavy atom. The van der Waals surface area contributed by atoms with E-state index in [1.807, 2.05) is 66.7 Å². The zero-order chi connectivity index (χ0) is 26.7. The number of rotatable bonds is 3. The number of aliphatic imine (C=N–C) groups is 1. The Morgan fingerprint density at radius 1 is 0.667 bits per heavy atom. The van der Waals surface area contributed by atoms with E-state index in [-0.39, 0.29) is 16.9 Å². The Kier molecular flexibility index (Phi) is 5.07. The summed E-state index contributed by atoms with van der Waals surface area (Å²) in [6, 6.07) is 33.7. The average molecular weight is 507 g/mol. The number of benzene rings is 5. The van der Waals surface area contributed by atoms with Crippen molar-refractivity contribution in [1.82, 2.24) is 4.98 Å². The second-order valence-corrected chi connectivity index (χ2v) is 10.6. The van der Waals surface area contributed by atoms with Crippen molar-refractivity contribution in [2.45, 2.75) is 19.3 Å². The van der Waals surface area contributed by atoms with Crippen LogP contribution in [-0.2, 0) is 5.41 Å². The number of pyridine rings is 1. The smallest absolute Gasteiger partial charge is 0.125 e. The molecule has 0 fully saturated rings. The molecule has 2 N–H and O–H groups in total. The van der Waals surface area contributed by atoms with E-state index in [1.54, 1.807) is 12.3 Å². The van der Waals surface area contributed by atoms with Gasteiger partial charge in [-0.05, 0) is 63.4 Å². The molecule has 7 rings (SSSR count). The van der Waals surface area contributed by atoms with E-state index in [4.69, 9.17) is 9.98 Å². The summed E-state index contributed by atoms with van der Waals surface area (Å²) < 4.78 is 0. The monoisotopic (exact) mass is 506 g/mol. The Bertz CT molecular complexity index is 1970. The summed E-state index contributed by atoms with van der Waals surface area (Å²) in [5, 5.41) is 25.4. The molecule has 0 bridgehead atoms. The van der Waals surface area contributed by atoms with Gasteiger partial charge in [-0.25, -0.2) is 4.98 Å². The van der Waals surface area contributed by atoms with Gasteiger partial charge in [0.2, 0.25) is 0 Å². The minimum Gasteiger partial charge on any atom is -0.507 e. The number of fused-ring (bicyclic) bond motifs is 5. The predicted molar refractivity (Wildman–Crippen MR) is 159 cm³/mol. The summed E-state index contributed by atoms with van der Waals surface area (Å²) in [7, 11) is 0. The number of phenols is 2. The summed E-state index contributed by atoms with van der Waals surface area (Å²) in [5.41, 5.74) is 7.22. The molecular weight excluding hydrogens is 480 g/mol. The molecule has 1 heterocycles. The van der Waals surface area contributed by atoms with Crippen LogP contribution in [0.5, 0.6) is 11.5 Å². The minimum atomic E-state index is -0.198. The third kappa shape index (κ3) is 3.60. The standard InChI is InChI=1S/C35H26N2O2/c1-35(2)28-14-6-5-13-25(28)26-18-27(32(39)19-29(26)35)34-24-12-4-3-9-22(24)17-23(37-34)20-36-30-15-7-10-21-11-8-16-31(38)33(21)30/h3-20,38-39H,1-2H3. The second-order valence-electron chi connectivity index (χ2n) is 10.6. The minimum absolute atomic E-state index is 0.193. The topological polar surface area (TPSA) is 65.7 Å². The van der Waals surface area contributed by atoms with Gasteiger partial charge in [0, 0.05) is 21.8 Å². The Labute approximate surface area is 226 Å². The number of phenolic OH excluding ortho intramolecular Hbond substituents is 2. The van der Waals surface area contributed by atoms with Crippen LogP contribution in [-0.4, -0.2) is 21.4 Å². The summed E-state index contributed by atoms with van der Waals surface area (Å²) >= 11 is 0. The fourth-order valence-electron chi connectivity index (χ4n) is 5.96. The normalized spacial score (nSPS) is 13.7. The van der Waals surface area contributed by atoms with Gasteiger partial charge in [-0.2, -0.15) is 0 Å². The van der Waals surface area contributed by atoms with Crippen LogP contribution >= 0.6 is 0 Å². The molecule has 4 heteroatoms.